The fraction of sp³-hybridized carbons (Fsp3) is 0.174. The van der Waals surface area contributed by atoms with Gasteiger partial charge < -0.3 is 10.2 Å². The van der Waals surface area contributed by atoms with Gasteiger partial charge in [0.05, 0.1) is 0 Å². The van der Waals surface area contributed by atoms with Crippen LogP contribution >= 0.6 is 0 Å². The monoisotopic (exact) mass is 370 g/mol. The lowest BCUT2D eigenvalue weighted by Crippen LogP contribution is -2.46. The van der Waals surface area contributed by atoms with E-state index in [1.807, 2.05) is 18.2 Å². The molecule has 4 rings (SSSR count). The van der Waals surface area contributed by atoms with E-state index >= 15 is 0 Å². The Morgan fingerprint density at radius 3 is 2.82 bits per heavy atom. The number of rotatable bonds is 5. The van der Waals surface area contributed by atoms with Crippen molar-refractivity contribution in [2.75, 3.05) is 24.5 Å². The van der Waals surface area contributed by atoms with Crippen LogP contribution in [0.5, 0.6) is 0 Å². The SMILES string of the molecule is C=Cc1cncc(C(=O)c2cccc(N3CCNC(c4ccccc4)C3)n2)c1. The molecular weight excluding hydrogens is 348 g/mol. The molecule has 2 aromatic heterocycles. The third-order valence-corrected chi connectivity index (χ3v) is 4.93. The minimum absolute atomic E-state index is 0.132. The van der Waals surface area contributed by atoms with Crippen LogP contribution in [-0.2, 0) is 0 Å². The Kier molecular flexibility index (Phi) is 5.26. The van der Waals surface area contributed by atoms with Crippen molar-refractivity contribution >= 4 is 17.7 Å². The predicted molar refractivity (Wildman–Crippen MR) is 111 cm³/mol. The first-order valence-electron chi connectivity index (χ1n) is 9.37. The molecule has 3 aromatic rings. The Morgan fingerprint density at radius 1 is 1.14 bits per heavy atom. The summed E-state index contributed by atoms with van der Waals surface area (Å²) >= 11 is 0. The predicted octanol–water partition coefficient (Wildman–Crippen LogP) is 3.50. The van der Waals surface area contributed by atoms with Crippen molar-refractivity contribution in [3.8, 4) is 0 Å². The highest BCUT2D eigenvalue weighted by Crippen LogP contribution is 2.22. The summed E-state index contributed by atoms with van der Waals surface area (Å²) in [5.41, 5.74) is 3.02. The van der Waals surface area contributed by atoms with Gasteiger partial charge in [-0.1, -0.05) is 49.1 Å². The molecule has 1 unspecified atom stereocenters. The van der Waals surface area contributed by atoms with Gasteiger partial charge in [0.1, 0.15) is 11.5 Å². The Morgan fingerprint density at radius 2 is 2.00 bits per heavy atom. The zero-order valence-corrected chi connectivity index (χ0v) is 15.6. The smallest absolute Gasteiger partial charge is 0.212 e. The van der Waals surface area contributed by atoms with Crippen LogP contribution in [0.3, 0.4) is 0 Å². The molecule has 1 aliphatic heterocycles. The molecule has 1 saturated heterocycles. The number of carbonyl (C=O) groups excluding carboxylic acids is 1. The summed E-state index contributed by atoms with van der Waals surface area (Å²) in [5.74, 6) is 0.689. The number of hydrogen-bond acceptors (Lipinski definition) is 5. The second-order valence-electron chi connectivity index (χ2n) is 6.78. The van der Waals surface area contributed by atoms with Crippen molar-refractivity contribution in [3.63, 3.8) is 0 Å². The minimum Gasteiger partial charge on any atom is -0.353 e. The van der Waals surface area contributed by atoms with Crippen molar-refractivity contribution in [2.45, 2.75) is 6.04 Å². The standard InChI is InChI=1S/C23H22N4O/c1-2-17-13-19(15-24-14-17)23(28)20-9-6-10-22(26-20)27-12-11-25-21(16-27)18-7-4-3-5-8-18/h2-10,13-15,21,25H,1,11-12,16H2. The first kappa shape index (κ1) is 18.1. The number of hydrogen-bond donors (Lipinski definition) is 1. The van der Waals surface area contributed by atoms with Crippen molar-refractivity contribution in [1.82, 2.24) is 15.3 Å². The number of nitrogens with zero attached hydrogens (tertiary/aromatic N) is 3. The van der Waals surface area contributed by atoms with Crippen LogP contribution in [0.4, 0.5) is 5.82 Å². The Bertz CT molecular complexity index is 987. The molecule has 1 atom stereocenters. The van der Waals surface area contributed by atoms with Gasteiger partial charge in [-0.25, -0.2) is 4.98 Å². The van der Waals surface area contributed by atoms with E-state index in [0.717, 1.165) is 31.0 Å². The molecule has 0 radical (unpaired) electrons. The number of benzene rings is 1. The van der Waals surface area contributed by atoms with Gasteiger partial charge in [-0.2, -0.15) is 0 Å². The summed E-state index contributed by atoms with van der Waals surface area (Å²) in [6, 6.07) is 18.0. The molecule has 140 valence electrons. The molecular formula is C23H22N4O. The normalized spacial score (nSPS) is 16.6. The van der Waals surface area contributed by atoms with Gasteiger partial charge in [0.15, 0.2) is 0 Å². The first-order chi connectivity index (χ1) is 13.7. The van der Waals surface area contributed by atoms with Crippen molar-refractivity contribution in [3.05, 3.63) is 96.0 Å². The van der Waals surface area contributed by atoms with E-state index in [-0.39, 0.29) is 11.8 Å². The lowest BCUT2D eigenvalue weighted by molar-refractivity contribution is 0.103. The summed E-state index contributed by atoms with van der Waals surface area (Å²) in [6.07, 6.45) is 4.93. The molecule has 3 heterocycles. The number of ketones is 1. The van der Waals surface area contributed by atoms with Gasteiger partial charge >= 0.3 is 0 Å². The molecule has 0 amide bonds. The van der Waals surface area contributed by atoms with E-state index < -0.39 is 0 Å². The summed E-state index contributed by atoms with van der Waals surface area (Å²) in [5, 5.41) is 3.56. The number of piperazine rings is 1. The third kappa shape index (κ3) is 3.85. The zero-order chi connectivity index (χ0) is 19.3. The second kappa shape index (κ2) is 8.15. The summed E-state index contributed by atoms with van der Waals surface area (Å²) in [4.78, 5) is 23.9. The van der Waals surface area contributed by atoms with E-state index in [4.69, 9.17) is 0 Å². The summed E-state index contributed by atoms with van der Waals surface area (Å²) in [7, 11) is 0. The largest absolute Gasteiger partial charge is 0.353 e. The average Bonchev–Trinajstić information content (AvgIpc) is 2.79. The number of anilines is 1. The molecule has 1 fully saturated rings. The molecule has 5 nitrogen and oxygen atoms in total. The highest BCUT2D eigenvalue weighted by Gasteiger charge is 2.22. The molecule has 1 aromatic carbocycles. The lowest BCUT2D eigenvalue weighted by atomic mass is 10.0. The number of aromatic nitrogens is 2. The number of carbonyl (C=O) groups is 1. The molecule has 5 heteroatoms. The Balaban J connectivity index is 1.56. The third-order valence-electron chi connectivity index (χ3n) is 4.93. The Hall–Kier alpha value is -3.31. The van der Waals surface area contributed by atoms with Crippen LogP contribution in [-0.4, -0.2) is 35.4 Å². The van der Waals surface area contributed by atoms with E-state index in [9.17, 15) is 4.79 Å². The van der Waals surface area contributed by atoms with E-state index in [0.29, 0.717) is 11.3 Å². The fourth-order valence-corrected chi connectivity index (χ4v) is 3.43. The van der Waals surface area contributed by atoms with Crippen LogP contribution in [0.15, 0.2) is 73.6 Å². The topological polar surface area (TPSA) is 58.1 Å². The maximum absolute atomic E-state index is 12.9. The van der Waals surface area contributed by atoms with Crippen LogP contribution in [0, 0.1) is 0 Å². The zero-order valence-electron chi connectivity index (χ0n) is 15.6. The van der Waals surface area contributed by atoms with Gasteiger partial charge in [0.25, 0.3) is 0 Å². The molecule has 0 saturated carbocycles. The minimum atomic E-state index is -0.132. The molecule has 1 N–H and O–H groups in total. The van der Waals surface area contributed by atoms with Gasteiger partial charge in [0, 0.05) is 43.6 Å². The van der Waals surface area contributed by atoms with Crippen molar-refractivity contribution < 1.29 is 4.79 Å². The maximum Gasteiger partial charge on any atom is 0.212 e. The van der Waals surface area contributed by atoms with Crippen molar-refractivity contribution in [2.24, 2.45) is 0 Å². The molecule has 0 aliphatic carbocycles. The fourth-order valence-electron chi connectivity index (χ4n) is 3.43. The molecule has 0 bridgehead atoms. The summed E-state index contributed by atoms with van der Waals surface area (Å²) in [6.45, 7) is 6.25. The van der Waals surface area contributed by atoms with Gasteiger partial charge in [0.2, 0.25) is 5.78 Å². The van der Waals surface area contributed by atoms with Gasteiger partial charge in [-0.05, 0) is 29.3 Å². The maximum atomic E-state index is 12.9. The van der Waals surface area contributed by atoms with E-state index in [2.05, 4.69) is 51.0 Å². The highest BCUT2D eigenvalue weighted by molar-refractivity contribution is 6.07. The van der Waals surface area contributed by atoms with E-state index in [1.165, 1.54) is 5.56 Å². The van der Waals surface area contributed by atoms with Gasteiger partial charge in [-0.3, -0.25) is 9.78 Å². The molecule has 0 spiro atoms. The Labute approximate surface area is 164 Å². The van der Waals surface area contributed by atoms with Gasteiger partial charge in [-0.15, -0.1) is 0 Å². The van der Waals surface area contributed by atoms with Crippen LogP contribution in [0.1, 0.15) is 33.2 Å². The summed E-state index contributed by atoms with van der Waals surface area (Å²) < 4.78 is 0. The first-order valence-corrected chi connectivity index (χ1v) is 9.37. The van der Waals surface area contributed by atoms with E-state index in [1.54, 1.807) is 30.6 Å². The molecule has 1 aliphatic rings. The number of nitrogens with one attached hydrogen (secondary N) is 1. The average molecular weight is 370 g/mol. The van der Waals surface area contributed by atoms with Crippen LogP contribution in [0.2, 0.25) is 0 Å². The quantitative estimate of drug-likeness (QED) is 0.697. The van der Waals surface area contributed by atoms with Crippen LogP contribution in [0.25, 0.3) is 6.08 Å². The number of pyridine rings is 2. The lowest BCUT2D eigenvalue weighted by Gasteiger charge is -2.35. The van der Waals surface area contributed by atoms with Crippen LogP contribution < -0.4 is 10.2 Å². The highest BCUT2D eigenvalue weighted by atomic mass is 16.1. The second-order valence-corrected chi connectivity index (χ2v) is 6.78. The molecule has 28 heavy (non-hydrogen) atoms. The van der Waals surface area contributed by atoms with Crippen molar-refractivity contribution in [1.29, 1.82) is 0 Å².